The van der Waals surface area contributed by atoms with Crippen molar-refractivity contribution in [3.05, 3.63) is 18.0 Å². The van der Waals surface area contributed by atoms with Gasteiger partial charge >= 0.3 is 0 Å². The summed E-state index contributed by atoms with van der Waals surface area (Å²) >= 11 is 0. The van der Waals surface area contributed by atoms with E-state index in [-0.39, 0.29) is 18.3 Å². The first-order valence-corrected chi connectivity index (χ1v) is 9.28. The van der Waals surface area contributed by atoms with Crippen LogP contribution in [0.5, 0.6) is 0 Å². The van der Waals surface area contributed by atoms with Crippen molar-refractivity contribution in [1.82, 2.24) is 19.6 Å². The van der Waals surface area contributed by atoms with E-state index in [1.807, 2.05) is 10.9 Å². The number of hydrogen-bond donors (Lipinski definition) is 1. The first kappa shape index (κ1) is 17.9. The summed E-state index contributed by atoms with van der Waals surface area (Å²) in [5, 5.41) is 15.0. The number of nitrogens with zero attached hydrogens (tertiary/aromatic N) is 4. The van der Waals surface area contributed by atoms with Crippen molar-refractivity contribution in [2.45, 2.75) is 64.5 Å². The Morgan fingerprint density at radius 2 is 2.04 bits per heavy atom. The lowest BCUT2D eigenvalue weighted by Crippen LogP contribution is -2.50. The van der Waals surface area contributed by atoms with Gasteiger partial charge in [-0.05, 0) is 45.7 Å². The molecule has 6 heteroatoms. The number of aryl methyl sites for hydroxylation is 1. The standard InChI is InChI=1S/C18H32N4O2/c1-14-7-19-22(8-14)11-17-5-4-6-21(17)13-18(23)12-20-9-15(2)24-16(3)10-20/h7-8,15-18,23H,4-6,9-13H2,1-3H3. The van der Waals surface area contributed by atoms with E-state index in [1.165, 1.54) is 18.4 Å². The van der Waals surface area contributed by atoms with Crippen molar-refractivity contribution in [3.63, 3.8) is 0 Å². The van der Waals surface area contributed by atoms with Gasteiger partial charge in [-0.2, -0.15) is 5.10 Å². The highest BCUT2D eigenvalue weighted by atomic mass is 16.5. The molecule has 0 saturated carbocycles. The van der Waals surface area contributed by atoms with Crippen LogP contribution in [0.25, 0.3) is 0 Å². The van der Waals surface area contributed by atoms with Gasteiger partial charge in [-0.15, -0.1) is 0 Å². The Hall–Kier alpha value is -0.950. The van der Waals surface area contributed by atoms with Gasteiger partial charge in [0.25, 0.3) is 0 Å². The van der Waals surface area contributed by atoms with Gasteiger partial charge in [0.1, 0.15) is 0 Å². The lowest BCUT2D eigenvalue weighted by Gasteiger charge is -2.37. The Morgan fingerprint density at radius 3 is 2.71 bits per heavy atom. The summed E-state index contributed by atoms with van der Waals surface area (Å²) in [6, 6.07) is 0.487. The molecule has 0 radical (unpaired) electrons. The number of likely N-dealkylation sites (tertiary alicyclic amines) is 1. The fraction of sp³-hybridized carbons (Fsp3) is 0.833. The molecular weight excluding hydrogens is 304 g/mol. The predicted molar refractivity (Wildman–Crippen MR) is 94.0 cm³/mol. The highest BCUT2D eigenvalue weighted by molar-refractivity contribution is 5.00. The van der Waals surface area contributed by atoms with E-state index in [0.29, 0.717) is 6.04 Å². The molecule has 2 fully saturated rings. The summed E-state index contributed by atoms with van der Waals surface area (Å²) in [7, 11) is 0. The third kappa shape index (κ3) is 4.79. The second-order valence-corrected chi connectivity index (χ2v) is 7.66. The molecule has 0 spiro atoms. The SMILES string of the molecule is Cc1cnn(CC2CCCN2CC(O)CN2CC(C)OC(C)C2)c1. The van der Waals surface area contributed by atoms with Crippen LogP contribution in [0.15, 0.2) is 12.4 Å². The molecule has 0 bridgehead atoms. The summed E-state index contributed by atoms with van der Waals surface area (Å²) in [6.45, 7) is 11.6. The molecule has 136 valence electrons. The van der Waals surface area contributed by atoms with Gasteiger partial charge in [0.2, 0.25) is 0 Å². The van der Waals surface area contributed by atoms with Crippen LogP contribution in [0.2, 0.25) is 0 Å². The summed E-state index contributed by atoms with van der Waals surface area (Å²) in [5.41, 5.74) is 1.20. The molecule has 0 aliphatic carbocycles. The first-order chi connectivity index (χ1) is 11.5. The molecule has 2 saturated heterocycles. The first-order valence-electron chi connectivity index (χ1n) is 9.28. The lowest BCUT2D eigenvalue weighted by atomic mass is 10.2. The van der Waals surface area contributed by atoms with E-state index in [2.05, 4.69) is 41.9 Å². The Morgan fingerprint density at radius 1 is 1.29 bits per heavy atom. The maximum absolute atomic E-state index is 10.6. The van der Waals surface area contributed by atoms with Crippen LogP contribution in [0.3, 0.4) is 0 Å². The fourth-order valence-corrected chi connectivity index (χ4v) is 4.18. The van der Waals surface area contributed by atoms with E-state index in [0.717, 1.165) is 39.3 Å². The second kappa shape index (κ2) is 7.95. The molecule has 4 unspecified atom stereocenters. The van der Waals surface area contributed by atoms with Gasteiger partial charge < -0.3 is 9.84 Å². The van der Waals surface area contributed by atoms with E-state index in [1.54, 1.807) is 0 Å². The summed E-state index contributed by atoms with van der Waals surface area (Å²) in [5.74, 6) is 0. The molecule has 1 N–H and O–H groups in total. The van der Waals surface area contributed by atoms with Crippen LogP contribution in [-0.2, 0) is 11.3 Å². The van der Waals surface area contributed by atoms with E-state index < -0.39 is 0 Å². The number of aliphatic hydroxyl groups is 1. The molecule has 1 aromatic heterocycles. The molecule has 4 atom stereocenters. The van der Waals surface area contributed by atoms with Gasteiger partial charge in [0, 0.05) is 38.4 Å². The number of aromatic nitrogens is 2. The Kier molecular flexibility index (Phi) is 5.92. The quantitative estimate of drug-likeness (QED) is 0.844. The molecular formula is C18H32N4O2. The summed E-state index contributed by atoms with van der Waals surface area (Å²) in [6.07, 6.45) is 6.62. The van der Waals surface area contributed by atoms with Gasteiger partial charge in [-0.25, -0.2) is 0 Å². The minimum atomic E-state index is -0.303. The van der Waals surface area contributed by atoms with Crippen molar-refractivity contribution >= 4 is 0 Å². The highest BCUT2D eigenvalue weighted by Crippen LogP contribution is 2.20. The molecule has 3 rings (SSSR count). The van der Waals surface area contributed by atoms with Crippen molar-refractivity contribution in [2.75, 3.05) is 32.7 Å². The van der Waals surface area contributed by atoms with Crippen molar-refractivity contribution in [2.24, 2.45) is 0 Å². The smallest absolute Gasteiger partial charge is 0.0793 e. The van der Waals surface area contributed by atoms with Crippen LogP contribution in [0, 0.1) is 6.92 Å². The average molecular weight is 336 g/mol. The van der Waals surface area contributed by atoms with E-state index in [9.17, 15) is 5.11 Å². The van der Waals surface area contributed by atoms with E-state index >= 15 is 0 Å². The van der Waals surface area contributed by atoms with Crippen LogP contribution in [0.4, 0.5) is 0 Å². The van der Waals surface area contributed by atoms with E-state index in [4.69, 9.17) is 4.74 Å². The summed E-state index contributed by atoms with van der Waals surface area (Å²) in [4.78, 5) is 4.78. The molecule has 3 heterocycles. The van der Waals surface area contributed by atoms with Gasteiger partial charge in [0.15, 0.2) is 0 Å². The number of β-amino-alcohol motifs (C(OH)–C–C–N with tert-alkyl or cyclic N) is 1. The topological polar surface area (TPSA) is 53.8 Å². The van der Waals surface area contributed by atoms with Crippen molar-refractivity contribution in [1.29, 1.82) is 0 Å². The third-order valence-electron chi connectivity index (χ3n) is 5.07. The molecule has 6 nitrogen and oxygen atoms in total. The molecule has 0 aromatic carbocycles. The van der Waals surface area contributed by atoms with Crippen molar-refractivity contribution < 1.29 is 9.84 Å². The maximum atomic E-state index is 10.6. The number of rotatable bonds is 6. The van der Waals surface area contributed by atoms with Crippen LogP contribution >= 0.6 is 0 Å². The normalized spacial score (nSPS) is 30.8. The zero-order chi connectivity index (χ0) is 17.1. The third-order valence-corrected chi connectivity index (χ3v) is 5.07. The maximum Gasteiger partial charge on any atom is 0.0793 e. The largest absolute Gasteiger partial charge is 0.390 e. The number of hydrogen-bond acceptors (Lipinski definition) is 5. The minimum absolute atomic E-state index is 0.253. The fourth-order valence-electron chi connectivity index (χ4n) is 4.18. The molecule has 24 heavy (non-hydrogen) atoms. The molecule has 2 aliphatic heterocycles. The lowest BCUT2D eigenvalue weighted by molar-refractivity contribution is -0.0782. The monoisotopic (exact) mass is 336 g/mol. The summed E-state index contributed by atoms with van der Waals surface area (Å²) < 4.78 is 7.81. The highest BCUT2D eigenvalue weighted by Gasteiger charge is 2.29. The van der Waals surface area contributed by atoms with Crippen LogP contribution < -0.4 is 0 Å². The number of morpholine rings is 1. The van der Waals surface area contributed by atoms with Gasteiger partial charge in [-0.3, -0.25) is 14.5 Å². The number of aliphatic hydroxyl groups excluding tert-OH is 1. The van der Waals surface area contributed by atoms with Crippen LogP contribution in [0.1, 0.15) is 32.3 Å². The molecule has 0 amide bonds. The Balaban J connectivity index is 1.48. The Bertz CT molecular complexity index is 511. The average Bonchev–Trinajstić information content (AvgIpc) is 3.08. The van der Waals surface area contributed by atoms with Crippen LogP contribution in [-0.4, -0.2) is 81.8 Å². The van der Waals surface area contributed by atoms with Gasteiger partial charge in [-0.1, -0.05) is 0 Å². The van der Waals surface area contributed by atoms with Crippen molar-refractivity contribution in [3.8, 4) is 0 Å². The molecule has 1 aromatic rings. The number of ether oxygens (including phenoxy) is 1. The zero-order valence-electron chi connectivity index (χ0n) is 15.3. The minimum Gasteiger partial charge on any atom is -0.390 e. The Labute approximate surface area is 145 Å². The van der Waals surface area contributed by atoms with Gasteiger partial charge in [0.05, 0.1) is 31.1 Å². The second-order valence-electron chi connectivity index (χ2n) is 7.66. The zero-order valence-corrected chi connectivity index (χ0v) is 15.3. The predicted octanol–water partition coefficient (Wildman–Crippen LogP) is 1.13. The molecule has 2 aliphatic rings.